The Bertz CT molecular complexity index is 1080. The van der Waals surface area contributed by atoms with E-state index in [9.17, 15) is 19.5 Å². The lowest BCUT2D eigenvalue weighted by Gasteiger charge is -2.20. The molecule has 2 aromatic rings. The van der Waals surface area contributed by atoms with Gasteiger partial charge in [-0.2, -0.15) is 0 Å². The minimum absolute atomic E-state index is 0.0572. The molecule has 5 rings (SSSR count). The smallest absolute Gasteiger partial charge is 0.335 e. The second-order valence-corrected chi connectivity index (χ2v) is 7.80. The summed E-state index contributed by atoms with van der Waals surface area (Å²) in [4.78, 5) is 39.0. The molecule has 4 atom stereocenters. The molecule has 2 aliphatic carbocycles. The lowest BCUT2D eigenvalue weighted by atomic mass is 9.85. The number of carbonyl (C=O) groups excluding carboxylic acids is 2. The third kappa shape index (κ3) is 2.43. The van der Waals surface area contributed by atoms with E-state index >= 15 is 0 Å². The van der Waals surface area contributed by atoms with E-state index < -0.39 is 17.8 Å². The van der Waals surface area contributed by atoms with E-state index in [1.807, 2.05) is 30.3 Å². The molecule has 1 saturated heterocycles. The average molecular weight is 385 g/mol. The standard InChI is InChI=1S/C24H19NO4/c1-13(14-6-3-2-4-7-14)19-17-10-11-18(19)21-20(17)22(26)25(23(21)27)16-9-5-8-15(12-16)24(28)29/h2-12,17-18,20-21H,1H3,(H,28,29)/t17-,18-,20-,21+/m1/s1. The van der Waals surface area contributed by atoms with Crippen LogP contribution >= 0.6 is 0 Å². The van der Waals surface area contributed by atoms with Gasteiger partial charge in [0.2, 0.25) is 11.8 Å². The van der Waals surface area contributed by atoms with Crippen molar-refractivity contribution >= 4 is 29.0 Å². The zero-order valence-corrected chi connectivity index (χ0v) is 15.8. The molecular weight excluding hydrogens is 366 g/mol. The maximum absolute atomic E-state index is 13.3. The van der Waals surface area contributed by atoms with E-state index in [-0.39, 0.29) is 29.2 Å². The van der Waals surface area contributed by atoms with Gasteiger partial charge in [0.15, 0.2) is 0 Å². The Kier molecular flexibility index (Phi) is 3.81. The first kappa shape index (κ1) is 17.6. The number of carboxylic acids is 1. The number of nitrogens with zero attached hydrogens (tertiary/aromatic N) is 1. The summed E-state index contributed by atoms with van der Waals surface area (Å²) < 4.78 is 0. The van der Waals surface area contributed by atoms with Crippen molar-refractivity contribution in [1.29, 1.82) is 0 Å². The summed E-state index contributed by atoms with van der Waals surface area (Å²) in [5.41, 5.74) is 3.78. The molecule has 2 fully saturated rings. The van der Waals surface area contributed by atoms with Gasteiger partial charge >= 0.3 is 5.97 Å². The van der Waals surface area contributed by atoms with Crippen LogP contribution in [0.25, 0.3) is 5.57 Å². The Labute approximate surface area is 168 Å². The fourth-order valence-electron chi connectivity index (χ4n) is 5.15. The number of hydrogen-bond acceptors (Lipinski definition) is 3. The van der Waals surface area contributed by atoms with Crippen molar-refractivity contribution in [3.63, 3.8) is 0 Å². The Morgan fingerprint density at radius 3 is 2.03 bits per heavy atom. The van der Waals surface area contributed by atoms with E-state index in [0.29, 0.717) is 5.69 Å². The highest BCUT2D eigenvalue weighted by atomic mass is 16.4. The van der Waals surface area contributed by atoms with Crippen LogP contribution in [-0.4, -0.2) is 22.9 Å². The highest BCUT2D eigenvalue weighted by molar-refractivity contribution is 6.23. The number of rotatable bonds is 3. The minimum atomic E-state index is -1.09. The van der Waals surface area contributed by atoms with Crippen molar-refractivity contribution in [2.24, 2.45) is 23.7 Å². The highest BCUT2D eigenvalue weighted by Crippen LogP contribution is 2.58. The molecule has 0 radical (unpaired) electrons. The summed E-state index contributed by atoms with van der Waals surface area (Å²) >= 11 is 0. The first-order valence-corrected chi connectivity index (χ1v) is 9.64. The molecule has 5 nitrogen and oxygen atoms in total. The summed E-state index contributed by atoms with van der Waals surface area (Å²) in [5.74, 6) is -2.57. The van der Waals surface area contributed by atoms with Crippen molar-refractivity contribution in [2.45, 2.75) is 6.92 Å². The number of benzene rings is 2. The van der Waals surface area contributed by atoms with Crippen molar-refractivity contribution in [3.05, 3.63) is 83.4 Å². The first-order valence-electron chi connectivity index (χ1n) is 9.64. The maximum atomic E-state index is 13.3. The Morgan fingerprint density at radius 1 is 0.862 bits per heavy atom. The molecule has 0 unspecified atom stereocenters. The van der Waals surface area contributed by atoms with E-state index in [4.69, 9.17) is 0 Å². The zero-order chi connectivity index (χ0) is 20.3. The SMILES string of the molecule is CC(=C1[C@H]2C=C[C@H]1[C@H]1C(=O)N(c3cccc(C(=O)O)c3)C(=O)[C@H]12)c1ccccc1. The number of allylic oxidation sites excluding steroid dienone is 4. The molecule has 2 amide bonds. The third-order valence-corrected chi connectivity index (χ3v) is 6.41. The van der Waals surface area contributed by atoms with Crippen molar-refractivity contribution in [1.82, 2.24) is 0 Å². The lowest BCUT2D eigenvalue weighted by Crippen LogP contribution is -2.33. The maximum Gasteiger partial charge on any atom is 0.335 e. The zero-order valence-electron chi connectivity index (χ0n) is 15.8. The van der Waals surface area contributed by atoms with Gasteiger partial charge in [0, 0.05) is 11.8 Å². The van der Waals surface area contributed by atoms with Crippen LogP contribution in [0.15, 0.2) is 72.3 Å². The van der Waals surface area contributed by atoms with E-state index in [1.165, 1.54) is 17.0 Å². The third-order valence-electron chi connectivity index (χ3n) is 6.41. The summed E-state index contributed by atoms with van der Waals surface area (Å²) in [6, 6.07) is 16.0. The molecule has 1 saturated carbocycles. The molecule has 2 aromatic carbocycles. The van der Waals surface area contributed by atoms with Crippen LogP contribution in [0.2, 0.25) is 0 Å². The number of imide groups is 1. The molecule has 144 valence electrons. The molecule has 1 N–H and O–H groups in total. The number of fused-ring (bicyclic) bond motifs is 5. The van der Waals surface area contributed by atoms with Gasteiger partial charge in [-0.3, -0.25) is 9.59 Å². The molecule has 3 aliphatic rings. The van der Waals surface area contributed by atoms with Crippen LogP contribution in [0.4, 0.5) is 5.69 Å². The molecular formula is C24H19NO4. The average Bonchev–Trinajstić information content (AvgIpc) is 3.37. The van der Waals surface area contributed by atoms with Gasteiger partial charge in [-0.1, -0.05) is 54.1 Å². The summed E-state index contributed by atoms with van der Waals surface area (Å²) in [6.07, 6.45) is 4.10. The number of carboxylic acid groups (broad SMARTS) is 1. The quantitative estimate of drug-likeness (QED) is 0.645. The Balaban J connectivity index is 1.54. The first-order chi connectivity index (χ1) is 14.0. The van der Waals surface area contributed by atoms with Gasteiger partial charge in [0.05, 0.1) is 23.1 Å². The largest absolute Gasteiger partial charge is 0.478 e. The molecule has 5 heteroatoms. The number of hydrogen-bond donors (Lipinski definition) is 1. The highest BCUT2D eigenvalue weighted by Gasteiger charge is 2.62. The van der Waals surface area contributed by atoms with Gasteiger partial charge in [-0.25, -0.2) is 9.69 Å². The molecule has 0 spiro atoms. The van der Waals surface area contributed by atoms with Crippen molar-refractivity contribution < 1.29 is 19.5 Å². The monoisotopic (exact) mass is 385 g/mol. The number of anilines is 1. The fraction of sp³-hybridized carbons (Fsp3) is 0.208. The van der Waals surface area contributed by atoms with Crippen LogP contribution in [0, 0.1) is 23.7 Å². The molecule has 29 heavy (non-hydrogen) atoms. The van der Waals surface area contributed by atoms with Crippen LogP contribution in [0.1, 0.15) is 22.8 Å². The van der Waals surface area contributed by atoms with Gasteiger partial charge in [-0.05, 0) is 36.3 Å². The predicted octanol–water partition coefficient (Wildman–Crippen LogP) is 3.78. The van der Waals surface area contributed by atoms with Crippen molar-refractivity contribution in [2.75, 3.05) is 4.90 Å². The number of carbonyl (C=O) groups is 3. The molecule has 1 heterocycles. The van der Waals surface area contributed by atoms with Crippen LogP contribution in [0.5, 0.6) is 0 Å². The summed E-state index contributed by atoms with van der Waals surface area (Å²) in [6.45, 7) is 2.06. The molecule has 0 aromatic heterocycles. The predicted molar refractivity (Wildman–Crippen MR) is 108 cm³/mol. The Morgan fingerprint density at radius 2 is 1.45 bits per heavy atom. The minimum Gasteiger partial charge on any atom is -0.478 e. The normalized spacial score (nSPS) is 28.8. The second kappa shape index (κ2) is 6.27. The van der Waals surface area contributed by atoms with Gasteiger partial charge in [0.25, 0.3) is 0 Å². The van der Waals surface area contributed by atoms with Crippen LogP contribution in [-0.2, 0) is 9.59 Å². The number of aromatic carboxylic acids is 1. The van der Waals surface area contributed by atoms with E-state index in [2.05, 4.69) is 19.1 Å². The second-order valence-electron chi connectivity index (χ2n) is 7.80. The topological polar surface area (TPSA) is 74.7 Å². The Hall–Kier alpha value is -3.47. The summed E-state index contributed by atoms with van der Waals surface area (Å²) in [7, 11) is 0. The van der Waals surface area contributed by atoms with Crippen molar-refractivity contribution in [3.8, 4) is 0 Å². The van der Waals surface area contributed by atoms with Gasteiger partial charge in [-0.15, -0.1) is 0 Å². The fourth-order valence-corrected chi connectivity index (χ4v) is 5.15. The van der Waals surface area contributed by atoms with Crippen LogP contribution < -0.4 is 4.90 Å². The summed E-state index contributed by atoms with van der Waals surface area (Å²) in [5, 5.41) is 9.24. The van der Waals surface area contributed by atoms with E-state index in [1.54, 1.807) is 12.1 Å². The molecule has 2 bridgehead atoms. The lowest BCUT2D eigenvalue weighted by molar-refractivity contribution is -0.122. The number of amides is 2. The molecule has 1 aliphatic heterocycles. The van der Waals surface area contributed by atoms with Gasteiger partial charge in [0.1, 0.15) is 0 Å². The van der Waals surface area contributed by atoms with Gasteiger partial charge < -0.3 is 5.11 Å². The van der Waals surface area contributed by atoms with Crippen LogP contribution in [0.3, 0.4) is 0 Å². The van der Waals surface area contributed by atoms with E-state index in [0.717, 1.165) is 16.7 Å².